The highest BCUT2D eigenvalue weighted by Crippen LogP contribution is 2.05. The van der Waals surface area contributed by atoms with Gasteiger partial charge in [-0.3, -0.25) is 0 Å². The maximum absolute atomic E-state index is 11.3. The van der Waals surface area contributed by atoms with Gasteiger partial charge in [0.15, 0.2) is 0 Å². The molecule has 0 heterocycles. The normalized spacial score (nSPS) is 11.9. The Balaban J connectivity index is 3.49. The molecule has 19 heavy (non-hydrogen) atoms. The summed E-state index contributed by atoms with van der Waals surface area (Å²) in [5, 5.41) is 0. The average molecular weight is 274 g/mol. The number of unbranched alkanes of at least 4 members (excludes halogenated alkanes) is 1. The minimum absolute atomic E-state index is 0.205. The van der Waals surface area contributed by atoms with Crippen LogP contribution in [0.4, 0.5) is 0 Å². The number of hydrogen-bond donors (Lipinski definition) is 0. The first-order chi connectivity index (χ1) is 9.10. The van der Waals surface area contributed by atoms with E-state index in [0.29, 0.717) is 19.1 Å². The third kappa shape index (κ3) is 11.7. The van der Waals surface area contributed by atoms with Gasteiger partial charge in [0.1, 0.15) is 13.2 Å². The molecule has 5 heteroatoms. The van der Waals surface area contributed by atoms with Crippen LogP contribution in [0.2, 0.25) is 0 Å². The van der Waals surface area contributed by atoms with E-state index < -0.39 is 11.9 Å². The summed E-state index contributed by atoms with van der Waals surface area (Å²) in [6.45, 7) is 6.52. The van der Waals surface area contributed by atoms with Crippen LogP contribution in [0.3, 0.4) is 0 Å². The lowest BCUT2D eigenvalue weighted by Gasteiger charge is -2.10. The summed E-state index contributed by atoms with van der Waals surface area (Å²) in [6, 6.07) is 0. The molecule has 0 radical (unpaired) electrons. The Kier molecular flexibility index (Phi) is 11.3. The van der Waals surface area contributed by atoms with Gasteiger partial charge in [-0.25, -0.2) is 9.59 Å². The fourth-order valence-corrected chi connectivity index (χ4v) is 1.44. The maximum atomic E-state index is 11.3. The quantitative estimate of drug-likeness (QED) is 0.427. The van der Waals surface area contributed by atoms with Crippen molar-refractivity contribution < 1.29 is 23.8 Å². The SMILES string of the molecule is CCCCOC(=O)COCC(=O)OCC(C)CCC. The summed E-state index contributed by atoms with van der Waals surface area (Å²) >= 11 is 0. The lowest BCUT2D eigenvalue weighted by atomic mass is 10.1. The minimum atomic E-state index is -0.444. The number of carbonyl (C=O) groups is 2. The molecular weight excluding hydrogens is 248 g/mol. The van der Waals surface area contributed by atoms with Crippen molar-refractivity contribution in [2.75, 3.05) is 26.4 Å². The van der Waals surface area contributed by atoms with Gasteiger partial charge in [-0.2, -0.15) is 0 Å². The van der Waals surface area contributed by atoms with Crippen LogP contribution in [-0.2, 0) is 23.8 Å². The smallest absolute Gasteiger partial charge is 0.332 e. The Labute approximate surface area is 115 Å². The van der Waals surface area contributed by atoms with Crippen molar-refractivity contribution >= 4 is 11.9 Å². The lowest BCUT2D eigenvalue weighted by molar-refractivity contribution is -0.156. The fourth-order valence-electron chi connectivity index (χ4n) is 1.44. The predicted molar refractivity (Wildman–Crippen MR) is 71.7 cm³/mol. The summed E-state index contributed by atoms with van der Waals surface area (Å²) in [6.07, 6.45) is 3.90. The van der Waals surface area contributed by atoms with E-state index in [-0.39, 0.29) is 13.2 Å². The van der Waals surface area contributed by atoms with Crippen molar-refractivity contribution in [1.29, 1.82) is 0 Å². The zero-order chi connectivity index (χ0) is 14.5. The van der Waals surface area contributed by atoms with Gasteiger partial charge in [-0.05, 0) is 18.8 Å². The number of carbonyl (C=O) groups excluding carboxylic acids is 2. The molecule has 0 fully saturated rings. The van der Waals surface area contributed by atoms with E-state index in [0.717, 1.165) is 25.7 Å². The van der Waals surface area contributed by atoms with E-state index in [1.54, 1.807) is 0 Å². The first-order valence-corrected chi connectivity index (χ1v) is 6.99. The third-order valence-corrected chi connectivity index (χ3v) is 2.51. The molecule has 0 amide bonds. The second kappa shape index (κ2) is 12.0. The third-order valence-electron chi connectivity index (χ3n) is 2.51. The highest BCUT2D eigenvalue weighted by molar-refractivity contribution is 5.73. The fraction of sp³-hybridized carbons (Fsp3) is 0.857. The Bertz CT molecular complexity index is 252. The van der Waals surface area contributed by atoms with Gasteiger partial charge in [0.25, 0.3) is 0 Å². The molecule has 0 saturated carbocycles. The van der Waals surface area contributed by atoms with Crippen molar-refractivity contribution in [2.45, 2.75) is 46.5 Å². The van der Waals surface area contributed by atoms with Gasteiger partial charge in [0, 0.05) is 0 Å². The zero-order valence-electron chi connectivity index (χ0n) is 12.3. The molecule has 0 spiro atoms. The first kappa shape index (κ1) is 17.9. The largest absolute Gasteiger partial charge is 0.464 e. The van der Waals surface area contributed by atoms with Gasteiger partial charge < -0.3 is 14.2 Å². The summed E-state index contributed by atoms with van der Waals surface area (Å²) in [4.78, 5) is 22.4. The Morgan fingerprint density at radius 1 is 1.00 bits per heavy atom. The highest BCUT2D eigenvalue weighted by Gasteiger charge is 2.09. The molecule has 0 aromatic heterocycles. The monoisotopic (exact) mass is 274 g/mol. The Morgan fingerprint density at radius 3 is 2.21 bits per heavy atom. The van der Waals surface area contributed by atoms with Crippen LogP contribution < -0.4 is 0 Å². The van der Waals surface area contributed by atoms with Crippen LogP contribution in [0.15, 0.2) is 0 Å². The molecule has 0 rings (SSSR count). The van der Waals surface area contributed by atoms with E-state index in [4.69, 9.17) is 14.2 Å². The molecule has 112 valence electrons. The Hall–Kier alpha value is -1.10. The lowest BCUT2D eigenvalue weighted by Crippen LogP contribution is -2.20. The average Bonchev–Trinajstić information content (AvgIpc) is 2.37. The second-order valence-electron chi connectivity index (χ2n) is 4.64. The van der Waals surface area contributed by atoms with Crippen LogP contribution in [0.25, 0.3) is 0 Å². The van der Waals surface area contributed by atoms with Crippen LogP contribution in [-0.4, -0.2) is 38.4 Å². The van der Waals surface area contributed by atoms with E-state index in [1.165, 1.54) is 0 Å². The number of ether oxygens (including phenoxy) is 3. The summed E-state index contributed by atoms with van der Waals surface area (Å²) in [5.41, 5.74) is 0. The Morgan fingerprint density at radius 2 is 1.63 bits per heavy atom. The van der Waals surface area contributed by atoms with Crippen molar-refractivity contribution in [3.8, 4) is 0 Å². The molecule has 5 nitrogen and oxygen atoms in total. The molecule has 1 atom stereocenters. The highest BCUT2D eigenvalue weighted by atomic mass is 16.6. The van der Waals surface area contributed by atoms with Gasteiger partial charge in [-0.1, -0.05) is 33.6 Å². The summed E-state index contributed by atoms with van der Waals surface area (Å²) in [5.74, 6) is -0.530. The van der Waals surface area contributed by atoms with Crippen LogP contribution in [0.1, 0.15) is 46.5 Å². The number of esters is 2. The maximum Gasteiger partial charge on any atom is 0.332 e. The van der Waals surface area contributed by atoms with Gasteiger partial charge in [0.2, 0.25) is 0 Å². The van der Waals surface area contributed by atoms with E-state index in [9.17, 15) is 9.59 Å². The summed E-state index contributed by atoms with van der Waals surface area (Å²) in [7, 11) is 0. The zero-order valence-corrected chi connectivity index (χ0v) is 12.3. The van der Waals surface area contributed by atoms with Crippen molar-refractivity contribution in [1.82, 2.24) is 0 Å². The van der Waals surface area contributed by atoms with E-state index >= 15 is 0 Å². The molecule has 0 saturated heterocycles. The standard InChI is InChI=1S/C14H26O5/c1-4-6-8-18-13(15)10-17-11-14(16)19-9-12(3)7-5-2/h12H,4-11H2,1-3H3. The van der Waals surface area contributed by atoms with E-state index in [1.807, 2.05) is 13.8 Å². The van der Waals surface area contributed by atoms with Gasteiger partial charge in [0.05, 0.1) is 13.2 Å². The van der Waals surface area contributed by atoms with Crippen molar-refractivity contribution in [2.24, 2.45) is 5.92 Å². The first-order valence-electron chi connectivity index (χ1n) is 6.99. The summed E-state index contributed by atoms with van der Waals surface area (Å²) < 4.78 is 14.8. The molecule has 0 aliphatic carbocycles. The molecule has 0 aliphatic rings. The number of hydrogen-bond acceptors (Lipinski definition) is 5. The van der Waals surface area contributed by atoms with E-state index in [2.05, 4.69) is 6.92 Å². The van der Waals surface area contributed by atoms with Crippen molar-refractivity contribution in [3.05, 3.63) is 0 Å². The van der Waals surface area contributed by atoms with Gasteiger partial charge >= 0.3 is 11.9 Å². The molecule has 0 aromatic rings. The molecular formula is C14H26O5. The number of rotatable bonds is 11. The van der Waals surface area contributed by atoms with Gasteiger partial charge in [-0.15, -0.1) is 0 Å². The second-order valence-corrected chi connectivity index (χ2v) is 4.64. The van der Waals surface area contributed by atoms with Crippen LogP contribution in [0.5, 0.6) is 0 Å². The molecule has 0 aliphatic heterocycles. The van der Waals surface area contributed by atoms with Crippen LogP contribution in [0, 0.1) is 5.92 Å². The van der Waals surface area contributed by atoms with Crippen LogP contribution >= 0.6 is 0 Å². The predicted octanol–water partition coefficient (Wildman–Crippen LogP) is 2.33. The molecule has 0 N–H and O–H groups in total. The van der Waals surface area contributed by atoms with Crippen molar-refractivity contribution in [3.63, 3.8) is 0 Å². The molecule has 0 aromatic carbocycles. The molecule has 1 unspecified atom stereocenters. The molecule has 0 bridgehead atoms. The topological polar surface area (TPSA) is 61.8 Å². The minimum Gasteiger partial charge on any atom is -0.464 e.